The Morgan fingerprint density at radius 3 is 2.61 bits per heavy atom. The van der Waals surface area contributed by atoms with Crippen molar-refractivity contribution in [3.8, 4) is 0 Å². The summed E-state index contributed by atoms with van der Waals surface area (Å²) < 4.78 is 1.69. The molecule has 2 N–H and O–H groups in total. The van der Waals surface area contributed by atoms with Crippen LogP contribution in [0.25, 0.3) is 0 Å². The first-order valence-electron chi connectivity index (χ1n) is 6.43. The van der Waals surface area contributed by atoms with E-state index in [0.717, 1.165) is 23.9 Å². The van der Waals surface area contributed by atoms with Crippen LogP contribution in [0.15, 0.2) is 0 Å². The standard InChI is InChI=1S/C13H22N4O/c1-8-5-11(8)6-16(4)12(18)7-17-10(3)13(14)9(2)15-17/h8,11H,5-7,14H2,1-4H3. The molecule has 1 fully saturated rings. The van der Waals surface area contributed by atoms with E-state index in [2.05, 4.69) is 12.0 Å². The predicted molar refractivity (Wildman–Crippen MR) is 71.0 cm³/mol. The Hall–Kier alpha value is -1.52. The quantitative estimate of drug-likeness (QED) is 0.873. The van der Waals surface area contributed by atoms with Gasteiger partial charge in [0.25, 0.3) is 0 Å². The Labute approximate surface area is 108 Å². The summed E-state index contributed by atoms with van der Waals surface area (Å²) in [6, 6.07) is 0. The molecule has 1 aromatic heterocycles. The van der Waals surface area contributed by atoms with Gasteiger partial charge in [0.1, 0.15) is 6.54 Å². The smallest absolute Gasteiger partial charge is 0.244 e. The molecule has 1 aromatic rings. The first-order valence-corrected chi connectivity index (χ1v) is 6.43. The van der Waals surface area contributed by atoms with E-state index in [1.54, 1.807) is 9.58 Å². The fraction of sp³-hybridized carbons (Fsp3) is 0.692. The zero-order valence-corrected chi connectivity index (χ0v) is 11.6. The van der Waals surface area contributed by atoms with E-state index in [-0.39, 0.29) is 12.5 Å². The maximum atomic E-state index is 12.1. The largest absolute Gasteiger partial charge is 0.396 e. The van der Waals surface area contributed by atoms with Crippen molar-refractivity contribution in [2.75, 3.05) is 19.3 Å². The number of nitrogen functional groups attached to an aromatic ring is 1. The number of hydrogen-bond acceptors (Lipinski definition) is 3. The number of hydrogen-bond donors (Lipinski definition) is 1. The van der Waals surface area contributed by atoms with E-state index in [1.165, 1.54) is 6.42 Å². The van der Waals surface area contributed by atoms with Crippen molar-refractivity contribution in [3.05, 3.63) is 11.4 Å². The van der Waals surface area contributed by atoms with Gasteiger partial charge in [-0.1, -0.05) is 6.92 Å². The number of nitrogens with two attached hydrogens (primary N) is 1. The molecule has 2 atom stereocenters. The molecule has 1 amide bonds. The van der Waals surface area contributed by atoms with Gasteiger partial charge in [-0.05, 0) is 32.1 Å². The molecule has 5 heteroatoms. The molecule has 1 aliphatic rings. The molecule has 2 unspecified atom stereocenters. The molecule has 18 heavy (non-hydrogen) atoms. The molecule has 0 aromatic carbocycles. The lowest BCUT2D eigenvalue weighted by molar-refractivity contribution is -0.131. The number of nitrogens with zero attached hydrogens (tertiary/aromatic N) is 3. The average molecular weight is 250 g/mol. The van der Waals surface area contributed by atoms with E-state index in [4.69, 9.17) is 5.73 Å². The van der Waals surface area contributed by atoms with Gasteiger partial charge in [0, 0.05) is 13.6 Å². The van der Waals surface area contributed by atoms with Crippen molar-refractivity contribution in [2.45, 2.75) is 33.7 Å². The second kappa shape index (κ2) is 4.63. The van der Waals surface area contributed by atoms with Gasteiger partial charge in [0.15, 0.2) is 0 Å². The highest BCUT2D eigenvalue weighted by atomic mass is 16.2. The summed E-state index contributed by atoms with van der Waals surface area (Å²) in [5.41, 5.74) is 8.20. The van der Waals surface area contributed by atoms with Gasteiger partial charge < -0.3 is 10.6 Å². The SMILES string of the molecule is Cc1nn(CC(=O)N(C)CC2CC2C)c(C)c1N. The minimum absolute atomic E-state index is 0.0969. The topological polar surface area (TPSA) is 64.2 Å². The summed E-state index contributed by atoms with van der Waals surface area (Å²) in [5, 5.41) is 4.29. The summed E-state index contributed by atoms with van der Waals surface area (Å²) in [6.07, 6.45) is 1.24. The third kappa shape index (κ3) is 2.49. The molecular weight excluding hydrogens is 228 g/mol. The van der Waals surface area contributed by atoms with Gasteiger partial charge in [-0.25, -0.2) is 0 Å². The van der Waals surface area contributed by atoms with Gasteiger partial charge in [-0.15, -0.1) is 0 Å². The third-order valence-corrected chi connectivity index (χ3v) is 3.93. The molecule has 0 saturated heterocycles. The van der Waals surface area contributed by atoms with Gasteiger partial charge in [-0.3, -0.25) is 9.48 Å². The highest BCUT2D eigenvalue weighted by molar-refractivity contribution is 5.76. The molecule has 2 rings (SSSR count). The molecule has 0 spiro atoms. The summed E-state index contributed by atoms with van der Waals surface area (Å²) in [4.78, 5) is 13.9. The van der Waals surface area contributed by atoms with E-state index < -0.39 is 0 Å². The fourth-order valence-electron chi connectivity index (χ4n) is 2.22. The van der Waals surface area contributed by atoms with Crippen molar-refractivity contribution in [3.63, 3.8) is 0 Å². The zero-order valence-electron chi connectivity index (χ0n) is 11.6. The van der Waals surface area contributed by atoms with Gasteiger partial charge in [0.2, 0.25) is 5.91 Å². The molecule has 5 nitrogen and oxygen atoms in total. The number of anilines is 1. The normalized spacial score (nSPS) is 22.0. The molecule has 100 valence electrons. The lowest BCUT2D eigenvalue weighted by atomic mass is 10.3. The Morgan fingerprint density at radius 2 is 2.17 bits per heavy atom. The molecule has 0 aliphatic heterocycles. The molecule has 1 saturated carbocycles. The number of aromatic nitrogens is 2. The van der Waals surface area contributed by atoms with Crippen LogP contribution in [0.2, 0.25) is 0 Å². The van der Waals surface area contributed by atoms with Crippen molar-refractivity contribution in [1.82, 2.24) is 14.7 Å². The van der Waals surface area contributed by atoms with Crippen molar-refractivity contribution in [1.29, 1.82) is 0 Å². The Kier molecular flexibility index (Phi) is 3.32. The molecule has 0 bridgehead atoms. The molecule has 1 heterocycles. The van der Waals surface area contributed by atoms with Crippen LogP contribution < -0.4 is 5.73 Å². The highest BCUT2D eigenvalue weighted by Crippen LogP contribution is 2.37. The van der Waals surface area contributed by atoms with E-state index in [9.17, 15) is 4.79 Å². The fourth-order valence-corrected chi connectivity index (χ4v) is 2.22. The summed E-state index contributed by atoms with van der Waals surface area (Å²) in [5.74, 6) is 1.55. The number of rotatable bonds is 4. The first-order chi connectivity index (χ1) is 8.40. The van der Waals surface area contributed by atoms with Crippen molar-refractivity contribution >= 4 is 11.6 Å². The van der Waals surface area contributed by atoms with Crippen molar-refractivity contribution < 1.29 is 4.79 Å². The number of aryl methyl sites for hydroxylation is 1. The highest BCUT2D eigenvalue weighted by Gasteiger charge is 2.34. The Bertz CT molecular complexity index is 466. The summed E-state index contributed by atoms with van der Waals surface area (Å²) in [6.45, 7) is 7.12. The lowest BCUT2D eigenvalue weighted by Crippen LogP contribution is -2.32. The van der Waals surface area contributed by atoms with E-state index >= 15 is 0 Å². The minimum Gasteiger partial charge on any atom is -0.396 e. The second-order valence-electron chi connectivity index (χ2n) is 5.49. The van der Waals surface area contributed by atoms with Crippen LogP contribution in [0.4, 0.5) is 5.69 Å². The van der Waals surface area contributed by atoms with Crippen LogP contribution in [0.3, 0.4) is 0 Å². The molecular formula is C13H22N4O. The second-order valence-corrected chi connectivity index (χ2v) is 5.49. The maximum absolute atomic E-state index is 12.1. The molecule has 1 aliphatic carbocycles. The van der Waals surface area contributed by atoms with Gasteiger partial charge in [-0.2, -0.15) is 5.10 Å². The minimum atomic E-state index is 0.0969. The Balaban J connectivity index is 1.95. The van der Waals surface area contributed by atoms with Crippen LogP contribution in [0.5, 0.6) is 0 Å². The van der Waals surface area contributed by atoms with Crippen LogP contribution in [0, 0.1) is 25.7 Å². The number of carbonyl (C=O) groups excluding carboxylic acids is 1. The van der Waals surface area contributed by atoms with E-state index in [1.807, 2.05) is 20.9 Å². The third-order valence-electron chi connectivity index (χ3n) is 3.93. The van der Waals surface area contributed by atoms with E-state index in [0.29, 0.717) is 11.6 Å². The molecule has 0 radical (unpaired) electrons. The number of likely N-dealkylation sites (N-methyl/N-ethyl adjacent to an activating group) is 1. The first kappa shape index (κ1) is 12.9. The summed E-state index contributed by atoms with van der Waals surface area (Å²) in [7, 11) is 1.86. The maximum Gasteiger partial charge on any atom is 0.244 e. The van der Waals surface area contributed by atoms with Crippen LogP contribution in [0.1, 0.15) is 24.7 Å². The Morgan fingerprint density at radius 1 is 1.56 bits per heavy atom. The predicted octanol–water partition coefficient (Wildman–Crippen LogP) is 1.20. The van der Waals surface area contributed by atoms with Crippen LogP contribution >= 0.6 is 0 Å². The monoisotopic (exact) mass is 250 g/mol. The number of carbonyl (C=O) groups is 1. The van der Waals surface area contributed by atoms with Crippen LogP contribution in [-0.4, -0.2) is 34.2 Å². The van der Waals surface area contributed by atoms with Crippen molar-refractivity contribution in [2.24, 2.45) is 11.8 Å². The number of amides is 1. The summed E-state index contributed by atoms with van der Waals surface area (Å²) >= 11 is 0. The van der Waals surface area contributed by atoms with Gasteiger partial charge in [0.05, 0.1) is 17.1 Å². The average Bonchev–Trinajstić information content (AvgIpc) is 2.95. The van der Waals surface area contributed by atoms with Gasteiger partial charge >= 0.3 is 0 Å². The lowest BCUT2D eigenvalue weighted by Gasteiger charge is -2.17. The van der Waals surface area contributed by atoms with Crippen LogP contribution in [-0.2, 0) is 11.3 Å². The zero-order chi connectivity index (χ0) is 13.4.